The van der Waals surface area contributed by atoms with Gasteiger partial charge < -0.3 is 10.6 Å². The Morgan fingerprint density at radius 2 is 2.08 bits per heavy atom. The molecule has 13 heavy (non-hydrogen) atoms. The van der Waals surface area contributed by atoms with Gasteiger partial charge in [-0.2, -0.15) is 0 Å². The Morgan fingerprint density at radius 1 is 1.38 bits per heavy atom. The first-order valence-corrected chi connectivity index (χ1v) is 4.27. The summed E-state index contributed by atoms with van der Waals surface area (Å²) in [4.78, 5) is 5.30. The van der Waals surface area contributed by atoms with E-state index in [9.17, 15) is 0 Å². The SMILES string of the molecule is CC1(c2ccccc2)CC(N)=NO1. The number of nitrogens with zero attached hydrogens (tertiary/aromatic N) is 1. The van der Waals surface area contributed by atoms with E-state index in [0.29, 0.717) is 12.3 Å². The van der Waals surface area contributed by atoms with E-state index in [1.54, 1.807) is 0 Å². The highest BCUT2D eigenvalue weighted by Crippen LogP contribution is 2.32. The minimum atomic E-state index is -0.370. The highest BCUT2D eigenvalue weighted by Gasteiger charge is 2.34. The van der Waals surface area contributed by atoms with E-state index in [2.05, 4.69) is 5.16 Å². The van der Waals surface area contributed by atoms with Crippen LogP contribution in [0.5, 0.6) is 0 Å². The first kappa shape index (κ1) is 8.10. The number of oxime groups is 1. The molecule has 1 aromatic rings. The zero-order valence-corrected chi connectivity index (χ0v) is 7.53. The minimum Gasteiger partial charge on any atom is -0.384 e. The lowest BCUT2D eigenvalue weighted by Crippen LogP contribution is -2.23. The van der Waals surface area contributed by atoms with Crippen LogP contribution in [0.3, 0.4) is 0 Å². The Bertz CT molecular complexity index is 334. The van der Waals surface area contributed by atoms with E-state index in [-0.39, 0.29) is 5.60 Å². The van der Waals surface area contributed by atoms with Crippen LogP contribution in [0.2, 0.25) is 0 Å². The summed E-state index contributed by atoms with van der Waals surface area (Å²) in [6.45, 7) is 1.99. The Morgan fingerprint density at radius 3 is 2.62 bits per heavy atom. The molecule has 0 fully saturated rings. The smallest absolute Gasteiger partial charge is 0.167 e. The van der Waals surface area contributed by atoms with Gasteiger partial charge in [-0.1, -0.05) is 35.5 Å². The maximum absolute atomic E-state index is 5.57. The Kier molecular flexibility index (Phi) is 1.72. The predicted molar refractivity (Wildman–Crippen MR) is 51.1 cm³/mol. The van der Waals surface area contributed by atoms with Crippen LogP contribution in [0, 0.1) is 0 Å². The van der Waals surface area contributed by atoms with Crippen LogP contribution in [0.15, 0.2) is 35.5 Å². The molecule has 3 nitrogen and oxygen atoms in total. The van der Waals surface area contributed by atoms with E-state index in [4.69, 9.17) is 10.6 Å². The lowest BCUT2D eigenvalue weighted by Gasteiger charge is -2.21. The van der Waals surface area contributed by atoms with Gasteiger partial charge in [0, 0.05) is 0 Å². The van der Waals surface area contributed by atoms with Crippen LogP contribution in [-0.2, 0) is 10.4 Å². The van der Waals surface area contributed by atoms with Crippen LogP contribution in [0.4, 0.5) is 0 Å². The van der Waals surface area contributed by atoms with Crippen LogP contribution >= 0.6 is 0 Å². The molecule has 2 N–H and O–H groups in total. The molecule has 68 valence electrons. The first-order chi connectivity index (χ1) is 6.21. The van der Waals surface area contributed by atoms with Gasteiger partial charge in [-0.05, 0) is 12.5 Å². The minimum absolute atomic E-state index is 0.370. The van der Waals surface area contributed by atoms with Gasteiger partial charge in [0.15, 0.2) is 5.60 Å². The monoisotopic (exact) mass is 176 g/mol. The predicted octanol–water partition coefficient (Wildman–Crippen LogP) is 1.59. The van der Waals surface area contributed by atoms with E-state index in [1.807, 2.05) is 37.3 Å². The maximum atomic E-state index is 5.57. The fraction of sp³-hybridized carbons (Fsp3) is 0.300. The molecule has 0 saturated heterocycles. The number of rotatable bonds is 1. The topological polar surface area (TPSA) is 47.6 Å². The molecule has 1 aromatic carbocycles. The van der Waals surface area contributed by atoms with Crippen LogP contribution in [-0.4, -0.2) is 5.84 Å². The maximum Gasteiger partial charge on any atom is 0.167 e. The van der Waals surface area contributed by atoms with Crippen LogP contribution in [0.1, 0.15) is 18.9 Å². The van der Waals surface area contributed by atoms with Crippen molar-refractivity contribution in [2.75, 3.05) is 0 Å². The number of benzene rings is 1. The Balaban J connectivity index is 2.28. The van der Waals surface area contributed by atoms with Crippen molar-refractivity contribution in [1.29, 1.82) is 0 Å². The van der Waals surface area contributed by atoms with Gasteiger partial charge >= 0.3 is 0 Å². The second-order valence-corrected chi connectivity index (χ2v) is 3.45. The zero-order valence-electron chi connectivity index (χ0n) is 7.53. The van der Waals surface area contributed by atoms with Gasteiger partial charge in [0.1, 0.15) is 5.84 Å². The third kappa shape index (κ3) is 1.37. The largest absolute Gasteiger partial charge is 0.384 e. The molecule has 0 amide bonds. The second-order valence-electron chi connectivity index (χ2n) is 3.45. The molecule has 0 radical (unpaired) electrons. The highest BCUT2D eigenvalue weighted by atomic mass is 16.7. The van der Waals surface area contributed by atoms with Crippen molar-refractivity contribution in [3.63, 3.8) is 0 Å². The van der Waals surface area contributed by atoms with Crippen molar-refractivity contribution < 1.29 is 4.84 Å². The van der Waals surface area contributed by atoms with E-state index in [1.165, 1.54) is 0 Å². The molecular weight excluding hydrogens is 164 g/mol. The molecule has 1 aliphatic rings. The van der Waals surface area contributed by atoms with Gasteiger partial charge in [-0.25, -0.2) is 0 Å². The molecule has 0 saturated carbocycles. The highest BCUT2D eigenvalue weighted by molar-refractivity contribution is 5.82. The van der Waals surface area contributed by atoms with Gasteiger partial charge in [0.2, 0.25) is 0 Å². The van der Waals surface area contributed by atoms with Gasteiger partial charge in [-0.3, -0.25) is 0 Å². The van der Waals surface area contributed by atoms with Crippen molar-refractivity contribution >= 4 is 5.84 Å². The molecule has 0 aromatic heterocycles. The van der Waals surface area contributed by atoms with E-state index < -0.39 is 0 Å². The molecule has 1 unspecified atom stereocenters. The van der Waals surface area contributed by atoms with Gasteiger partial charge in [-0.15, -0.1) is 0 Å². The molecule has 1 heterocycles. The Hall–Kier alpha value is -1.51. The van der Waals surface area contributed by atoms with Crippen molar-refractivity contribution in [1.82, 2.24) is 0 Å². The molecule has 3 heteroatoms. The summed E-state index contributed by atoms with van der Waals surface area (Å²) in [7, 11) is 0. The normalized spacial score (nSPS) is 26.7. The summed E-state index contributed by atoms with van der Waals surface area (Å²) >= 11 is 0. The molecule has 0 aliphatic carbocycles. The fourth-order valence-electron chi connectivity index (χ4n) is 1.52. The van der Waals surface area contributed by atoms with Crippen LogP contribution in [0.25, 0.3) is 0 Å². The molecular formula is C10H12N2O. The lowest BCUT2D eigenvalue weighted by atomic mass is 9.93. The fourth-order valence-corrected chi connectivity index (χ4v) is 1.52. The number of hydrogen-bond acceptors (Lipinski definition) is 3. The molecule has 2 rings (SSSR count). The Labute approximate surface area is 77.2 Å². The van der Waals surface area contributed by atoms with Gasteiger partial charge in [0.05, 0.1) is 6.42 Å². The summed E-state index contributed by atoms with van der Waals surface area (Å²) in [5.41, 5.74) is 6.31. The average molecular weight is 176 g/mol. The van der Waals surface area contributed by atoms with Crippen molar-refractivity contribution in [2.24, 2.45) is 10.9 Å². The van der Waals surface area contributed by atoms with Crippen LogP contribution < -0.4 is 5.73 Å². The summed E-state index contributed by atoms with van der Waals surface area (Å²) in [6.07, 6.45) is 0.664. The standard InChI is InChI=1S/C10H12N2O/c1-10(7-9(11)12-13-10)8-5-3-2-4-6-8/h2-6H,7H2,1H3,(H2,11,12). The van der Waals surface area contributed by atoms with E-state index in [0.717, 1.165) is 5.56 Å². The summed E-state index contributed by atoms with van der Waals surface area (Å²) < 4.78 is 0. The van der Waals surface area contributed by atoms with E-state index >= 15 is 0 Å². The summed E-state index contributed by atoms with van der Waals surface area (Å²) in [5, 5.41) is 3.76. The molecule has 0 bridgehead atoms. The number of hydrogen-bond donors (Lipinski definition) is 1. The molecule has 0 spiro atoms. The molecule has 1 aliphatic heterocycles. The van der Waals surface area contributed by atoms with Gasteiger partial charge in [0.25, 0.3) is 0 Å². The average Bonchev–Trinajstić information content (AvgIpc) is 2.49. The lowest BCUT2D eigenvalue weighted by molar-refractivity contribution is -0.00738. The molecule has 1 atom stereocenters. The van der Waals surface area contributed by atoms with Crippen molar-refractivity contribution in [3.05, 3.63) is 35.9 Å². The number of nitrogens with two attached hydrogens (primary N) is 1. The summed E-state index contributed by atoms with van der Waals surface area (Å²) in [6, 6.07) is 9.99. The number of amidine groups is 1. The first-order valence-electron chi connectivity index (χ1n) is 4.27. The third-order valence-corrected chi connectivity index (χ3v) is 2.27. The summed E-state index contributed by atoms with van der Waals surface area (Å²) in [5.74, 6) is 0.561. The third-order valence-electron chi connectivity index (χ3n) is 2.27. The van der Waals surface area contributed by atoms with Crippen molar-refractivity contribution in [2.45, 2.75) is 18.9 Å². The second kappa shape index (κ2) is 2.76. The van der Waals surface area contributed by atoms with Crippen molar-refractivity contribution in [3.8, 4) is 0 Å². The zero-order chi connectivity index (χ0) is 9.31. The quantitative estimate of drug-likeness (QED) is 0.706.